The Labute approximate surface area is 221 Å². The molecule has 200 valence electrons. The molecule has 2 N–H and O–H groups in total. The number of amides is 1. The summed E-state index contributed by atoms with van der Waals surface area (Å²) in [5.74, 6) is -0.0991. The molecule has 0 saturated heterocycles. The highest BCUT2D eigenvalue weighted by Gasteiger charge is 2.49. The number of hydrogen-bond acceptors (Lipinski definition) is 4. The van der Waals surface area contributed by atoms with E-state index in [4.69, 9.17) is 4.74 Å². The van der Waals surface area contributed by atoms with Gasteiger partial charge in [-0.05, 0) is 94.7 Å². The third-order valence-corrected chi connectivity index (χ3v) is 7.82. The zero-order valence-corrected chi connectivity index (χ0v) is 23.5. The molecule has 6 nitrogen and oxygen atoms in total. The van der Waals surface area contributed by atoms with E-state index < -0.39 is 17.1 Å². The number of nitrogens with zero attached hydrogens (tertiary/aromatic N) is 1. The number of benzene rings is 2. The molecule has 1 amide bonds. The summed E-state index contributed by atoms with van der Waals surface area (Å²) >= 11 is 0. The average Bonchev–Trinajstić information content (AvgIpc) is 2.81. The lowest BCUT2D eigenvalue weighted by Gasteiger charge is -2.51. The van der Waals surface area contributed by atoms with Crippen LogP contribution in [0.1, 0.15) is 88.5 Å². The zero-order chi connectivity index (χ0) is 27.1. The number of carboxylic acid groups (broad SMARTS) is 1. The molecule has 1 heterocycles. The SMILES string of the molecule is CCCN1c2c(C)c(-c3ccc(C)cc3OC(C)(C)C)c(CC(=O)O)c(C)c2NC(=O)C12CCCCC2. The van der Waals surface area contributed by atoms with Gasteiger partial charge in [-0.3, -0.25) is 9.59 Å². The van der Waals surface area contributed by atoms with E-state index in [0.717, 1.165) is 95.6 Å². The molecule has 2 aromatic carbocycles. The van der Waals surface area contributed by atoms with Crippen LogP contribution in [0.15, 0.2) is 18.2 Å². The molecule has 6 heteroatoms. The highest BCUT2D eigenvalue weighted by molar-refractivity contribution is 6.10. The molecule has 0 atom stereocenters. The van der Waals surface area contributed by atoms with E-state index >= 15 is 0 Å². The number of fused-ring (bicyclic) bond motifs is 1. The van der Waals surface area contributed by atoms with E-state index in [1.807, 2.05) is 40.7 Å². The van der Waals surface area contributed by atoms with Gasteiger partial charge in [-0.2, -0.15) is 0 Å². The van der Waals surface area contributed by atoms with Crippen LogP contribution in [0.2, 0.25) is 0 Å². The molecular weight excluding hydrogens is 464 g/mol. The van der Waals surface area contributed by atoms with Crippen LogP contribution in [0, 0.1) is 20.8 Å². The third-order valence-electron chi connectivity index (χ3n) is 7.82. The molecule has 4 rings (SSSR count). The van der Waals surface area contributed by atoms with Crippen molar-refractivity contribution in [3.05, 3.63) is 40.5 Å². The zero-order valence-electron chi connectivity index (χ0n) is 23.5. The number of carboxylic acids is 1. The Kier molecular flexibility index (Phi) is 7.33. The number of aliphatic carboxylic acids is 1. The van der Waals surface area contributed by atoms with E-state index in [-0.39, 0.29) is 12.3 Å². The maximum absolute atomic E-state index is 13.7. The Hall–Kier alpha value is -3.02. The van der Waals surface area contributed by atoms with Crippen LogP contribution in [0.5, 0.6) is 5.75 Å². The number of anilines is 2. The number of carbonyl (C=O) groups is 2. The Balaban J connectivity index is 2.06. The van der Waals surface area contributed by atoms with Crippen LogP contribution in [0.4, 0.5) is 11.4 Å². The van der Waals surface area contributed by atoms with Crippen molar-refractivity contribution in [1.82, 2.24) is 0 Å². The van der Waals surface area contributed by atoms with Crippen molar-refractivity contribution in [1.29, 1.82) is 0 Å². The van der Waals surface area contributed by atoms with Gasteiger partial charge in [0.15, 0.2) is 0 Å². The fourth-order valence-corrected chi connectivity index (χ4v) is 6.28. The van der Waals surface area contributed by atoms with E-state index in [1.165, 1.54) is 0 Å². The molecule has 1 aliphatic heterocycles. The van der Waals surface area contributed by atoms with Crippen molar-refractivity contribution in [3.8, 4) is 16.9 Å². The lowest BCUT2D eigenvalue weighted by atomic mass is 9.76. The number of ether oxygens (including phenoxy) is 1. The summed E-state index contributed by atoms with van der Waals surface area (Å²) < 4.78 is 6.44. The Bertz CT molecular complexity index is 1220. The predicted octanol–water partition coefficient (Wildman–Crippen LogP) is 6.95. The van der Waals surface area contributed by atoms with Crippen LogP contribution >= 0.6 is 0 Å². The quantitative estimate of drug-likeness (QED) is 0.443. The van der Waals surface area contributed by atoms with Gasteiger partial charge in [0.25, 0.3) is 0 Å². The Morgan fingerprint density at radius 3 is 2.38 bits per heavy atom. The molecule has 0 unspecified atom stereocenters. The first-order valence-corrected chi connectivity index (χ1v) is 13.7. The topological polar surface area (TPSA) is 78.9 Å². The van der Waals surface area contributed by atoms with Crippen LogP contribution < -0.4 is 15.0 Å². The van der Waals surface area contributed by atoms with Gasteiger partial charge in [0, 0.05) is 12.1 Å². The minimum Gasteiger partial charge on any atom is -0.488 e. The van der Waals surface area contributed by atoms with Crippen LogP contribution in [-0.2, 0) is 16.0 Å². The number of carbonyl (C=O) groups excluding carboxylic acids is 1. The van der Waals surface area contributed by atoms with Crippen molar-refractivity contribution >= 4 is 23.3 Å². The molecule has 1 spiro atoms. The molecular formula is C31H42N2O4. The highest BCUT2D eigenvalue weighted by Crippen LogP contribution is 2.52. The fraction of sp³-hybridized carbons (Fsp3) is 0.548. The smallest absolute Gasteiger partial charge is 0.307 e. The van der Waals surface area contributed by atoms with Crippen molar-refractivity contribution in [2.45, 2.75) is 105 Å². The van der Waals surface area contributed by atoms with E-state index in [1.54, 1.807) is 0 Å². The first-order valence-electron chi connectivity index (χ1n) is 13.7. The van der Waals surface area contributed by atoms with Crippen molar-refractivity contribution in [3.63, 3.8) is 0 Å². The maximum atomic E-state index is 13.7. The van der Waals surface area contributed by atoms with Crippen molar-refractivity contribution in [2.24, 2.45) is 0 Å². The summed E-state index contributed by atoms with van der Waals surface area (Å²) in [5.41, 5.74) is 6.25. The van der Waals surface area contributed by atoms with Crippen LogP contribution in [-0.4, -0.2) is 34.7 Å². The standard InChI is InChI=1S/C31H42N2O4/c1-8-16-33-28-21(4)26(22-13-12-19(2)17-24(22)37-30(5,6)7)23(18-25(34)35)20(3)27(28)32-29(36)31(33)14-10-9-11-15-31/h12-13,17H,8-11,14-16,18H2,1-7H3,(H,32,36)(H,34,35). The number of aryl methyl sites for hydroxylation is 1. The summed E-state index contributed by atoms with van der Waals surface area (Å²) in [6.07, 6.45) is 5.69. The van der Waals surface area contributed by atoms with Crippen molar-refractivity contribution < 1.29 is 19.4 Å². The van der Waals surface area contributed by atoms with Gasteiger partial charge in [0.1, 0.15) is 16.9 Å². The van der Waals surface area contributed by atoms with Crippen LogP contribution in [0.3, 0.4) is 0 Å². The third kappa shape index (κ3) is 4.95. The number of rotatable bonds is 6. The second kappa shape index (κ2) is 10.0. The summed E-state index contributed by atoms with van der Waals surface area (Å²) in [6, 6.07) is 6.14. The lowest BCUT2D eigenvalue weighted by molar-refractivity contribution is -0.136. The van der Waals surface area contributed by atoms with Gasteiger partial charge in [0.05, 0.1) is 17.8 Å². The Morgan fingerprint density at radius 1 is 1.11 bits per heavy atom. The average molecular weight is 507 g/mol. The second-order valence-electron chi connectivity index (χ2n) is 11.8. The predicted molar refractivity (Wildman–Crippen MR) is 150 cm³/mol. The van der Waals surface area contributed by atoms with Gasteiger partial charge >= 0.3 is 5.97 Å². The molecule has 2 aliphatic rings. The largest absolute Gasteiger partial charge is 0.488 e. The molecule has 2 aromatic rings. The van der Waals surface area contributed by atoms with E-state index in [0.29, 0.717) is 0 Å². The summed E-state index contributed by atoms with van der Waals surface area (Å²) in [5, 5.41) is 13.2. The summed E-state index contributed by atoms with van der Waals surface area (Å²) in [6.45, 7) is 15.1. The van der Waals surface area contributed by atoms with E-state index in [9.17, 15) is 14.7 Å². The van der Waals surface area contributed by atoms with Gasteiger partial charge in [0.2, 0.25) is 5.91 Å². The molecule has 37 heavy (non-hydrogen) atoms. The maximum Gasteiger partial charge on any atom is 0.307 e. The summed E-state index contributed by atoms with van der Waals surface area (Å²) in [7, 11) is 0. The monoisotopic (exact) mass is 506 g/mol. The van der Waals surface area contributed by atoms with Gasteiger partial charge in [-0.15, -0.1) is 0 Å². The molecule has 1 saturated carbocycles. The van der Waals surface area contributed by atoms with Crippen LogP contribution in [0.25, 0.3) is 11.1 Å². The molecule has 1 aliphatic carbocycles. The minimum absolute atomic E-state index is 0.0526. The molecule has 1 fully saturated rings. The fourth-order valence-electron chi connectivity index (χ4n) is 6.28. The molecule has 0 aromatic heterocycles. The number of nitrogens with one attached hydrogen (secondary N) is 1. The number of hydrogen-bond donors (Lipinski definition) is 2. The Morgan fingerprint density at radius 2 is 1.78 bits per heavy atom. The van der Waals surface area contributed by atoms with Gasteiger partial charge in [-0.1, -0.05) is 38.3 Å². The lowest BCUT2D eigenvalue weighted by Crippen LogP contribution is -2.61. The minimum atomic E-state index is -0.898. The first kappa shape index (κ1) is 27.0. The second-order valence-corrected chi connectivity index (χ2v) is 11.8. The first-order chi connectivity index (χ1) is 17.4. The highest BCUT2D eigenvalue weighted by atomic mass is 16.5. The van der Waals surface area contributed by atoms with E-state index in [2.05, 4.69) is 36.2 Å². The van der Waals surface area contributed by atoms with Gasteiger partial charge < -0.3 is 20.1 Å². The van der Waals surface area contributed by atoms with Gasteiger partial charge in [-0.25, -0.2) is 0 Å². The normalized spacial score (nSPS) is 16.9. The molecule has 0 radical (unpaired) electrons. The summed E-state index contributed by atoms with van der Waals surface area (Å²) in [4.78, 5) is 28.2. The van der Waals surface area contributed by atoms with Crippen molar-refractivity contribution in [2.75, 3.05) is 16.8 Å². The molecule has 0 bridgehead atoms.